The van der Waals surface area contributed by atoms with Crippen molar-refractivity contribution in [2.75, 3.05) is 13.1 Å². The fourth-order valence-electron chi connectivity index (χ4n) is 1.77. The van der Waals surface area contributed by atoms with Gasteiger partial charge in [0.1, 0.15) is 0 Å². The lowest BCUT2D eigenvalue weighted by atomic mass is 9.96. The molecule has 0 amide bonds. The van der Waals surface area contributed by atoms with Gasteiger partial charge in [0.25, 0.3) is 0 Å². The highest BCUT2D eigenvalue weighted by Gasteiger charge is 2.09. The van der Waals surface area contributed by atoms with E-state index < -0.39 is 0 Å². The van der Waals surface area contributed by atoms with Gasteiger partial charge in [0.05, 0.1) is 6.07 Å². The van der Waals surface area contributed by atoms with Crippen molar-refractivity contribution in [2.45, 2.75) is 38.5 Å². The fourth-order valence-corrected chi connectivity index (χ4v) is 1.77. The third kappa shape index (κ3) is 3.73. The zero-order chi connectivity index (χ0) is 8.65. The van der Waals surface area contributed by atoms with Crippen LogP contribution in [0.25, 0.3) is 0 Å². The Hall–Kier alpha value is -0.550. The molecule has 0 aromatic heterocycles. The first kappa shape index (κ1) is 9.54. The van der Waals surface area contributed by atoms with Gasteiger partial charge in [-0.1, -0.05) is 12.8 Å². The molecule has 1 saturated heterocycles. The first-order valence-electron chi connectivity index (χ1n) is 5.01. The summed E-state index contributed by atoms with van der Waals surface area (Å²) in [6, 6.07) is 2.28. The van der Waals surface area contributed by atoms with Gasteiger partial charge in [-0.05, 0) is 38.3 Å². The number of hydrogen-bond donors (Lipinski definition) is 1. The zero-order valence-electron chi connectivity index (χ0n) is 7.68. The molecule has 0 spiro atoms. The number of hydrogen-bond acceptors (Lipinski definition) is 2. The number of nitrogens with one attached hydrogen (secondary N) is 1. The van der Waals surface area contributed by atoms with E-state index in [4.69, 9.17) is 5.26 Å². The van der Waals surface area contributed by atoms with Gasteiger partial charge in [-0.15, -0.1) is 0 Å². The topological polar surface area (TPSA) is 35.8 Å². The smallest absolute Gasteiger partial charge is 0.0624 e. The van der Waals surface area contributed by atoms with E-state index in [1.165, 1.54) is 38.6 Å². The van der Waals surface area contributed by atoms with E-state index in [0.717, 1.165) is 13.0 Å². The maximum absolute atomic E-state index is 8.58. The average Bonchev–Trinajstić information content (AvgIpc) is 2.19. The molecular weight excluding hydrogens is 148 g/mol. The number of rotatable bonds is 1. The summed E-state index contributed by atoms with van der Waals surface area (Å²) in [6.07, 6.45) is 7.15. The van der Waals surface area contributed by atoms with Crippen LogP contribution in [0.5, 0.6) is 0 Å². The number of nitriles is 1. The monoisotopic (exact) mass is 166 g/mol. The summed E-state index contributed by atoms with van der Waals surface area (Å²) in [4.78, 5) is 0. The summed E-state index contributed by atoms with van der Waals surface area (Å²) >= 11 is 0. The van der Waals surface area contributed by atoms with Crippen LogP contribution in [0, 0.1) is 17.2 Å². The first-order valence-corrected chi connectivity index (χ1v) is 5.01. The maximum Gasteiger partial charge on any atom is 0.0624 e. The summed E-state index contributed by atoms with van der Waals surface area (Å²) in [6.45, 7) is 2.27. The van der Waals surface area contributed by atoms with Gasteiger partial charge in [-0.2, -0.15) is 5.26 Å². The van der Waals surface area contributed by atoms with Gasteiger partial charge < -0.3 is 5.32 Å². The van der Waals surface area contributed by atoms with Crippen LogP contribution < -0.4 is 5.32 Å². The minimum absolute atomic E-state index is 0.653. The fraction of sp³-hybridized carbons (Fsp3) is 0.900. The lowest BCUT2D eigenvalue weighted by Gasteiger charge is -2.10. The van der Waals surface area contributed by atoms with E-state index in [0.29, 0.717) is 5.92 Å². The summed E-state index contributed by atoms with van der Waals surface area (Å²) in [7, 11) is 0. The Bertz CT molecular complexity index is 138. The first-order chi connectivity index (χ1) is 5.93. The largest absolute Gasteiger partial charge is 0.317 e. The van der Waals surface area contributed by atoms with Crippen LogP contribution >= 0.6 is 0 Å². The molecule has 1 rings (SSSR count). The Balaban J connectivity index is 2.24. The van der Waals surface area contributed by atoms with Crippen LogP contribution in [0.2, 0.25) is 0 Å². The normalized spacial score (nSPS) is 26.4. The number of nitrogens with zero attached hydrogens (tertiary/aromatic N) is 1. The molecule has 0 radical (unpaired) electrons. The van der Waals surface area contributed by atoms with E-state index in [-0.39, 0.29) is 0 Å². The van der Waals surface area contributed by atoms with Gasteiger partial charge in [0.15, 0.2) is 0 Å². The summed E-state index contributed by atoms with van der Waals surface area (Å²) in [5.74, 6) is 0.653. The second-order valence-electron chi connectivity index (χ2n) is 3.62. The molecular formula is C10H18N2. The van der Waals surface area contributed by atoms with Gasteiger partial charge in [0, 0.05) is 6.42 Å². The lowest BCUT2D eigenvalue weighted by Crippen LogP contribution is -2.17. The van der Waals surface area contributed by atoms with Crippen molar-refractivity contribution in [3.63, 3.8) is 0 Å². The van der Waals surface area contributed by atoms with Crippen LogP contribution in [0.4, 0.5) is 0 Å². The molecule has 1 aliphatic rings. The highest BCUT2D eigenvalue weighted by molar-refractivity contribution is 4.77. The van der Waals surface area contributed by atoms with Crippen molar-refractivity contribution >= 4 is 0 Å². The molecule has 1 N–H and O–H groups in total. The van der Waals surface area contributed by atoms with Crippen LogP contribution in [0.1, 0.15) is 38.5 Å². The van der Waals surface area contributed by atoms with Crippen molar-refractivity contribution in [2.24, 2.45) is 5.92 Å². The van der Waals surface area contributed by atoms with E-state index in [1.54, 1.807) is 0 Å². The van der Waals surface area contributed by atoms with Gasteiger partial charge in [-0.3, -0.25) is 0 Å². The van der Waals surface area contributed by atoms with Crippen LogP contribution in [0.3, 0.4) is 0 Å². The Morgan fingerprint density at radius 3 is 2.92 bits per heavy atom. The molecule has 1 unspecified atom stereocenters. The molecule has 0 saturated carbocycles. The highest BCUT2D eigenvalue weighted by atomic mass is 14.8. The molecule has 0 aromatic rings. The quantitative estimate of drug-likeness (QED) is 0.647. The molecule has 1 fully saturated rings. The molecule has 68 valence electrons. The Kier molecular flexibility index (Phi) is 4.79. The Morgan fingerprint density at radius 2 is 2.08 bits per heavy atom. The molecule has 1 heterocycles. The molecule has 0 aromatic carbocycles. The van der Waals surface area contributed by atoms with Crippen molar-refractivity contribution < 1.29 is 0 Å². The second kappa shape index (κ2) is 6.02. The predicted molar refractivity (Wildman–Crippen MR) is 49.7 cm³/mol. The molecule has 0 bridgehead atoms. The minimum Gasteiger partial charge on any atom is -0.317 e. The third-order valence-corrected chi connectivity index (χ3v) is 2.58. The summed E-state index contributed by atoms with van der Waals surface area (Å²) in [5.41, 5.74) is 0. The molecule has 1 atom stereocenters. The predicted octanol–water partition coefficient (Wildman–Crippen LogP) is 2.07. The molecule has 12 heavy (non-hydrogen) atoms. The highest BCUT2D eigenvalue weighted by Crippen LogP contribution is 2.17. The Labute approximate surface area is 75.0 Å². The van der Waals surface area contributed by atoms with Gasteiger partial charge >= 0.3 is 0 Å². The van der Waals surface area contributed by atoms with E-state index in [1.807, 2.05) is 0 Å². The molecule has 1 aliphatic heterocycles. The molecule has 2 nitrogen and oxygen atoms in total. The lowest BCUT2D eigenvalue weighted by molar-refractivity contribution is 0.444. The SMILES string of the molecule is N#CCC1CCCCCNCC1. The van der Waals surface area contributed by atoms with Crippen LogP contribution in [0.15, 0.2) is 0 Å². The van der Waals surface area contributed by atoms with Crippen molar-refractivity contribution in [1.82, 2.24) is 5.32 Å². The van der Waals surface area contributed by atoms with Crippen molar-refractivity contribution in [3.05, 3.63) is 0 Å². The van der Waals surface area contributed by atoms with E-state index in [9.17, 15) is 0 Å². The van der Waals surface area contributed by atoms with Crippen LogP contribution in [-0.2, 0) is 0 Å². The maximum atomic E-state index is 8.58. The van der Waals surface area contributed by atoms with E-state index >= 15 is 0 Å². The standard InChI is InChI=1S/C10H18N2/c11-7-5-10-4-2-1-3-8-12-9-6-10/h10,12H,1-6,8-9H2. The zero-order valence-corrected chi connectivity index (χ0v) is 7.68. The molecule has 0 aliphatic carbocycles. The Morgan fingerprint density at radius 1 is 1.17 bits per heavy atom. The van der Waals surface area contributed by atoms with Crippen molar-refractivity contribution in [3.8, 4) is 6.07 Å². The van der Waals surface area contributed by atoms with Crippen molar-refractivity contribution in [1.29, 1.82) is 5.26 Å². The van der Waals surface area contributed by atoms with E-state index in [2.05, 4.69) is 11.4 Å². The summed E-state index contributed by atoms with van der Waals surface area (Å²) in [5, 5.41) is 12.0. The van der Waals surface area contributed by atoms with Gasteiger partial charge in [0.2, 0.25) is 0 Å². The van der Waals surface area contributed by atoms with Gasteiger partial charge in [-0.25, -0.2) is 0 Å². The molecule has 2 heteroatoms. The second-order valence-corrected chi connectivity index (χ2v) is 3.62. The third-order valence-electron chi connectivity index (χ3n) is 2.58. The van der Waals surface area contributed by atoms with Crippen LogP contribution in [-0.4, -0.2) is 13.1 Å². The summed E-state index contributed by atoms with van der Waals surface area (Å²) < 4.78 is 0. The average molecular weight is 166 g/mol. The minimum atomic E-state index is 0.653.